The molecular formula is C14H24N4. The molecule has 2 rings (SSSR count). The van der Waals surface area contributed by atoms with Crippen LogP contribution >= 0.6 is 0 Å². The Kier molecular flexibility index (Phi) is 4.53. The fourth-order valence-corrected chi connectivity index (χ4v) is 2.43. The lowest BCUT2D eigenvalue weighted by Crippen LogP contribution is -2.29. The second-order valence-electron chi connectivity index (χ2n) is 5.51. The van der Waals surface area contributed by atoms with Crippen molar-refractivity contribution in [2.45, 2.75) is 39.7 Å². The van der Waals surface area contributed by atoms with Gasteiger partial charge in [-0.15, -0.1) is 0 Å². The predicted octanol–water partition coefficient (Wildman–Crippen LogP) is 1.99. The van der Waals surface area contributed by atoms with Gasteiger partial charge in [-0.1, -0.05) is 13.8 Å². The molecule has 1 aliphatic heterocycles. The Bertz CT molecular complexity index is 389. The first-order valence-electron chi connectivity index (χ1n) is 6.93. The fraction of sp³-hybridized carbons (Fsp3) is 0.714. The number of aromatic nitrogens is 2. The van der Waals surface area contributed by atoms with Crippen molar-refractivity contribution < 1.29 is 0 Å². The molecule has 0 bridgehead atoms. The number of nitrogens with one attached hydrogen (secondary N) is 1. The third kappa shape index (κ3) is 3.19. The quantitative estimate of drug-likeness (QED) is 0.865. The summed E-state index contributed by atoms with van der Waals surface area (Å²) in [6, 6.07) is 0. The highest BCUT2D eigenvalue weighted by molar-refractivity contribution is 5.48. The maximum absolute atomic E-state index is 4.46. The van der Waals surface area contributed by atoms with E-state index in [0.29, 0.717) is 0 Å². The van der Waals surface area contributed by atoms with Gasteiger partial charge in [0, 0.05) is 38.7 Å². The van der Waals surface area contributed by atoms with E-state index in [-0.39, 0.29) is 0 Å². The highest BCUT2D eigenvalue weighted by atomic mass is 15.2. The van der Waals surface area contributed by atoms with Gasteiger partial charge in [-0.2, -0.15) is 0 Å². The summed E-state index contributed by atoms with van der Waals surface area (Å²) in [6.07, 6.45) is 5.22. The van der Waals surface area contributed by atoms with Crippen molar-refractivity contribution >= 4 is 5.82 Å². The summed E-state index contributed by atoms with van der Waals surface area (Å²) in [7, 11) is 2.14. The van der Waals surface area contributed by atoms with Gasteiger partial charge in [-0.25, -0.2) is 9.97 Å². The van der Waals surface area contributed by atoms with Gasteiger partial charge in [-0.05, 0) is 18.8 Å². The van der Waals surface area contributed by atoms with Crippen LogP contribution in [0.25, 0.3) is 0 Å². The topological polar surface area (TPSA) is 41.1 Å². The third-order valence-electron chi connectivity index (χ3n) is 3.49. The molecule has 0 saturated heterocycles. The molecule has 0 saturated carbocycles. The number of nitrogens with zero attached hydrogens (tertiary/aromatic N) is 3. The molecule has 4 nitrogen and oxygen atoms in total. The van der Waals surface area contributed by atoms with E-state index in [0.717, 1.165) is 37.8 Å². The molecule has 0 aromatic carbocycles. The Morgan fingerprint density at radius 2 is 2.22 bits per heavy atom. The minimum Gasteiger partial charge on any atom is -0.359 e. The zero-order valence-electron chi connectivity index (χ0n) is 11.7. The first kappa shape index (κ1) is 13.3. The number of rotatable bonds is 5. The molecule has 1 aromatic rings. The first-order valence-corrected chi connectivity index (χ1v) is 6.93. The van der Waals surface area contributed by atoms with E-state index in [2.05, 4.69) is 41.1 Å². The fourth-order valence-electron chi connectivity index (χ4n) is 2.43. The van der Waals surface area contributed by atoms with E-state index in [1.165, 1.54) is 24.1 Å². The zero-order chi connectivity index (χ0) is 13.0. The normalized spacial score (nSPS) is 14.7. The molecule has 4 heteroatoms. The molecule has 100 valence electrons. The van der Waals surface area contributed by atoms with Crippen LogP contribution in [0.2, 0.25) is 0 Å². The van der Waals surface area contributed by atoms with Crippen LogP contribution in [0.4, 0.5) is 5.82 Å². The number of hydrogen-bond acceptors (Lipinski definition) is 4. The SMILES string of the molecule is CC(C)CCCN(C)c1ncnc2c1CNCC2. The van der Waals surface area contributed by atoms with Gasteiger partial charge >= 0.3 is 0 Å². The monoisotopic (exact) mass is 248 g/mol. The van der Waals surface area contributed by atoms with Crippen molar-refractivity contribution in [3.05, 3.63) is 17.6 Å². The highest BCUT2D eigenvalue weighted by Gasteiger charge is 2.17. The summed E-state index contributed by atoms with van der Waals surface area (Å²) < 4.78 is 0. The van der Waals surface area contributed by atoms with Gasteiger partial charge in [0.25, 0.3) is 0 Å². The summed E-state index contributed by atoms with van der Waals surface area (Å²) in [6.45, 7) is 7.55. The van der Waals surface area contributed by atoms with Crippen molar-refractivity contribution in [2.24, 2.45) is 5.92 Å². The Morgan fingerprint density at radius 1 is 1.39 bits per heavy atom. The van der Waals surface area contributed by atoms with E-state index in [4.69, 9.17) is 0 Å². The Labute approximate surface area is 110 Å². The van der Waals surface area contributed by atoms with Crippen LogP contribution in [0.3, 0.4) is 0 Å². The second kappa shape index (κ2) is 6.14. The first-order chi connectivity index (χ1) is 8.68. The van der Waals surface area contributed by atoms with Crippen LogP contribution in [-0.2, 0) is 13.0 Å². The molecule has 0 aliphatic carbocycles. The molecule has 1 aromatic heterocycles. The number of fused-ring (bicyclic) bond motifs is 1. The largest absolute Gasteiger partial charge is 0.359 e. The summed E-state index contributed by atoms with van der Waals surface area (Å²) in [5, 5.41) is 3.40. The van der Waals surface area contributed by atoms with E-state index in [1.807, 2.05) is 0 Å². The maximum atomic E-state index is 4.46. The van der Waals surface area contributed by atoms with Crippen LogP contribution in [0.15, 0.2) is 6.33 Å². The molecule has 0 atom stereocenters. The average Bonchev–Trinajstić information content (AvgIpc) is 2.37. The Morgan fingerprint density at radius 3 is 3.00 bits per heavy atom. The molecule has 1 aliphatic rings. The lowest BCUT2D eigenvalue weighted by molar-refractivity contribution is 0.553. The van der Waals surface area contributed by atoms with Crippen LogP contribution in [0.1, 0.15) is 37.9 Å². The molecule has 0 fully saturated rings. The van der Waals surface area contributed by atoms with Crippen LogP contribution in [0.5, 0.6) is 0 Å². The molecule has 1 N–H and O–H groups in total. The van der Waals surface area contributed by atoms with Gasteiger partial charge in [0.2, 0.25) is 0 Å². The molecular weight excluding hydrogens is 224 g/mol. The van der Waals surface area contributed by atoms with Gasteiger partial charge < -0.3 is 10.2 Å². The predicted molar refractivity (Wildman–Crippen MR) is 74.8 cm³/mol. The van der Waals surface area contributed by atoms with Crippen molar-refractivity contribution in [3.8, 4) is 0 Å². The number of hydrogen-bond donors (Lipinski definition) is 1. The zero-order valence-corrected chi connectivity index (χ0v) is 11.7. The van der Waals surface area contributed by atoms with Crippen molar-refractivity contribution in [3.63, 3.8) is 0 Å². The van der Waals surface area contributed by atoms with Crippen molar-refractivity contribution in [1.82, 2.24) is 15.3 Å². The molecule has 0 radical (unpaired) electrons. The van der Waals surface area contributed by atoms with Crippen LogP contribution in [-0.4, -0.2) is 30.1 Å². The molecule has 18 heavy (non-hydrogen) atoms. The van der Waals surface area contributed by atoms with Gasteiger partial charge in [0.1, 0.15) is 12.1 Å². The van der Waals surface area contributed by atoms with Crippen LogP contribution in [0, 0.1) is 5.92 Å². The van der Waals surface area contributed by atoms with E-state index < -0.39 is 0 Å². The minimum atomic E-state index is 0.777. The lowest BCUT2D eigenvalue weighted by Gasteiger charge is -2.25. The lowest BCUT2D eigenvalue weighted by atomic mass is 10.1. The average molecular weight is 248 g/mol. The smallest absolute Gasteiger partial charge is 0.136 e. The van der Waals surface area contributed by atoms with Crippen molar-refractivity contribution in [2.75, 3.05) is 25.0 Å². The summed E-state index contributed by atoms with van der Waals surface area (Å²) in [4.78, 5) is 11.1. The van der Waals surface area contributed by atoms with Gasteiger partial charge in [0.15, 0.2) is 0 Å². The summed E-state index contributed by atoms with van der Waals surface area (Å²) in [5.74, 6) is 1.88. The second-order valence-corrected chi connectivity index (χ2v) is 5.51. The van der Waals surface area contributed by atoms with E-state index in [1.54, 1.807) is 6.33 Å². The summed E-state index contributed by atoms with van der Waals surface area (Å²) >= 11 is 0. The highest BCUT2D eigenvalue weighted by Crippen LogP contribution is 2.21. The van der Waals surface area contributed by atoms with Crippen LogP contribution < -0.4 is 10.2 Å². The molecule has 2 heterocycles. The van der Waals surface area contributed by atoms with E-state index in [9.17, 15) is 0 Å². The molecule has 0 spiro atoms. The standard InChI is InChI=1S/C14H24N4/c1-11(2)5-4-8-18(3)14-12-9-15-7-6-13(12)16-10-17-14/h10-11,15H,4-9H2,1-3H3. The Balaban J connectivity index is 2.03. The maximum Gasteiger partial charge on any atom is 0.136 e. The van der Waals surface area contributed by atoms with Gasteiger partial charge in [-0.3, -0.25) is 0 Å². The molecule has 0 unspecified atom stereocenters. The van der Waals surface area contributed by atoms with E-state index >= 15 is 0 Å². The molecule has 0 amide bonds. The minimum absolute atomic E-state index is 0.777. The number of anilines is 1. The van der Waals surface area contributed by atoms with Gasteiger partial charge in [0.05, 0.1) is 5.69 Å². The Hall–Kier alpha value is -1.16. The summed E-state index contributed by atoms with van der Waals surface area (Å²) in [5.41, 5.74) is 2.50. The van der Waals surface area contributed by atoms with Crippen molar-refractivity contribution in [1.29, 1.82) is 0 Å². The third-order valence-corrected chi connectivity index (χ3v) is 3.49.